The van der Waals surface area contributed by atoms with E-state index in [1.165, 1.54) is 5.56 Å². The first-order valence-corrected chi connectivity index (χ1v) is 9.09. The molecule has 1 aliphatic rings. The number of anilines is 2. The van der Waals surface area contributed by atoms with Crippen LogP contribution in [0.5, 0.6) is 0 Å². The zero-order valence-corrected chi connectivity index (χ0v) is 16.0. The molecule has 24 heavy (non-hydrogen) atoms. The largest absolute Gasteiger partial charge is 0.384 e. The van der Waals surface area contributed by atoms with E-state index >= 15 is 0 Å². The number of piperazine rings is 1. The number of likely N-dealkylation sites (N-methyl/N-ethyl adjacent to an activating group) is 1. The molecule has 1 fully saturated rings. The molecule has 1 unspecified atom stereocenters. The first-order chi connectivity index (χ1) is 11.5. The topological polar surface area (TPSA) is 58.3 Å². The van der Waals surface area contributed by atoms with Crippen molar-refractivity contribution in [3.05, 3.63) is 46.2 Å². The third kappa shape index (κ3) is 3.54. The second-order valence-electron chi connectivity index (χ2n) is 6.63. The van der Waals surface area contributed by atoms with Gasteiger partial charge in [0, 0.05) is 36.1 Å². The second-order valence-corrected chi connectivity index (χ2v) is 7.48. The lowest BCUT2D eigenvalue weighted by Crippen LogP contribution is -2.47. The number of benzene rings is 1. The van der Waals surface area contributed by atoms with Crippen LogP contribution in [0.4, 0.5) is 11.6 Å². The average Bonchev–Trinajstić information content (AvgIpc) is 2.55. The maximum Gasteiger partial charge on any atom is 0.135 e. The highest BCUT2D eigenvalue weighted by molar-refractivity contribution is 9.10. The van der Waals surface area contributed by atoms with Gasteiger partial charge in [-0.25, -0.2) is 9.97 Å². The molecule has 3 rings (SSSR count). The van der Waals surface area contributed by atoms with Crippen molar-refractivity contribution in [3.8, 4) is 0 Å². The number of hydrogen-bond donors (Lipinski definition) is 1. The number of rotatable bonds is 3. The Labute approximate surface area is 152 Å². The standard InChI is InChI=1S/C18H24BrN5/c1-12(2)18-21-16(20)10-17(22-18)24-9-8-23(3)15(11-24)13-6-4-5-7-14(13)19/h4-7,10,12,15H,8-9,11H2,1-3H3,(H2,20,21,22). The Kier molecular flexibility index (Phi) is 5.06. The summed E-state index contributed by atoms with van der Waals surface area (Å²) in [6.45, 7) is 6.98. The lowest BCUT2D eigenvalue weighted by Gasteiger charge is -2.40. The first kappa shape index (κ1) is 17.2. The minimum atomic E-state index is 0.263. The molecule has 1 aromatic carbocycles. The van der Waals surface area contributed by atoms with Gasteiger partial charge in [0.1, 0.15) is 17.5 Å². The highest BCUT2D eigenvalue weighted by atomic mass is 79.9. The van der Waals surface area contributed by atoms with Crippen molar-refractivity contribution in [1.82, 2.24) is 14.9 Å². The van der Waals surface area contributed by atoms with Crippen molar-refractivity contribution >= 4 is 27.6 Å². The summed E-state index contributed by atoms with van der Waals surface area (Å²) in [6, 6.07) is 10.6. The van der Waals surface area contributed by atoms with Gasteiger partial charge in [0.15, 0.2) is 0 Å². The number of nitrogen functional groups attached to an aromatic ring is 1. The van der Waals surface area contributed by atoms with Crippen LogP contribution in [0.3, 0.4) is 0 Å². The van der Waals surface area contributed by atoms with Gasteiger partial charge in [-0.3, -0.25) is 4.90 Å². The van der Waals surface area contributed by atoms with Crippen molar-refractivity contribution in [1.29, 1.82) is 0 Å². The Balaban J connectivity index is 1.90. The first-order valence-electron chi connectivity index (χ1n) is 8.29. The van der Waals surface area contributed by atoms with E-state index in [0.717, 1.165) is 35.7 Å². The molecule has 128 valence electrons. The maximum absolute atomic E-state index is 6.01. The van der Waals surface area contributed by atoms with Crippen LogP contribution in [-0.2, 0) is 0 Å². The molecule has 0 aliphatic carbocycles. The summed E-state index contributed by atoms with van der Waals surface area (Å²) < 4.78 is 1.15. The van der Waals surface area contributed by atoms with E-state index in [2.05, 4.69) is 69.8 Å². The van der Waals surface area contributed by atoms with E-state index in [1.807, 2.05) is 12.1 Å². The van der Waals surface area contributed by atoms with Gasteiger partial charge in [0.2, 0.25) is 0 Å². The zero-order chi connectivity index (χ0) is 17.3. The van der Waals surface area contributed by atoms with Gasteiger partial charge >= 0.3 is 0 Å². The van der Waals surface area contributed by atoms with Gasteiger partial charge in [-0.05, 0) is 18.7 Å². The van der Waals surface area contributed by atoms with E-state index < -0.39 is 0 Å². The molecule has 2 N–H and O–H groups in total. The van der Waals surface area contributed by atoms with Crippen LogP contribution < -0.4 is 10.6 Å². The zero-order valence-electron chi connectivity index (χ0n) is 14.4. The van der Waals surface area contributed by atoms with Crippen molar-refractivity contribution < 1.29 is 0 Å². The van der Waals surface area contributed by atoms with Crippen LogP contribution in [0, 0.1) is 0 Å². The fraction of sp³-hybridized carbons (Fsp3) is 0.444. The number of nitrogens with zero attached hydrogens (tertiary/aromatic N) is 4. The predicted octanol–water partition coefficient (Wildman–Crippen LogP) is 3.44. The van der Waals surface area contributed by atoms with Crippen LogP contribution in [0.25, 0.3) is 0 Å². The van der Waals surface area contributed by atoms with Gasteiger partial charge in [0.25, 0.3) is 0 Å². The molecule has 2 heterocycles. The van der Waals surface area contributed by atoms with E-state index in [1.54, 1.807) is 0 Å². The van der Waals surface area contributed by atoms with Gasteiger partial charge in [-0.1, -0.05) is 48.0 Å². The number of hydrogen-bond acceptors (Lipinski definition) is 5. The lowest BCUT2D eigenvalue weighted by atomic mass is 10.0. The van der Waals surface area contributed by atoms with E-state index in [4.69, 9.17) is 10.7 Å². The van der Waals surface area contributed by atoms with Crippen molar-refractivity contribution in [2.75, 3.05) is 37.3 Å². The maximum atomic E-state index is 6.01. The molecular formula is C18H24BrN5. The fourth-order valence-corrected chi connectivity index (χ4v) is 3.60. The predicted molar refractivity (Wildman–Crippen MR) is 102 cm³/mol. The molecule has 1 aliphatic heterocycles. The Morgan fingerprint density at radius 1 is 1.21 bits per heavy atom. The molecule has 1 atom stereocenters. The summed E-state index contributed by atoms with van der Waals surface area (Å²) in [5.74, 6) is 2.54. The Morgan fingerprint density at radius 3 is 2.67 bits per heavy atom. The van der Waals surface area contributed by atoms with Crippen LogP contribution in [-0.4, -0.2) is 41.5 Å². The molecule has 6 heteroatoms. The SMILES string of the molecule is CC(C)c1nc(N)cc(N2CCN(C)C(c3ccccc3Br)C2)n1. The lowest BCUT2D eigenvalue weighted by molar-refractivity contribution is 0.220. The summed E-state index contributed by atoms with van der Waals surface area (Å²) in [6.07, 6.45) is 0. The molecule has 1 aromatic heterocycles. The summed E-state index contributed by atoms with van der Waals surface area (Å²) in [5, 5.41) is 0. The van der Waals surface area contributed by atoms with E-state index in [-0.39, 0.29) is 5.92 Å². The van der Waals surface area contributed by atoms with Crippen LogP contribution in [0.1, 0.15) is 37.2 Å². The van der Waals surface area contributed by atoms with E-state index in [9.17, 15) is 0 Å². The normalized spacial score (nSPS) is 19.0. The molecule has 0 amide bonds. The second kappa shape index (κ2) is 7.07. The smallest absolute Gasteiger partial charge is 0.135 e. The van der Waals surface area contributed by atoms with Crippen LogP contribution in [0.15, 0.2) is 34.8 Å². The number of aromatic nitrogens is 2. The number of halogens is 1. The van der Waals surface area contributed by atoms with Crippen molar-refractivity contribution in [3.63, 3.8) is 0 Å². The highest BCUT2D eigenvalue weighted by Gasteiger charge is 2.28. The molecule has 1 saturated heterocycles. The van der Waals surface area contributed by atoms with Crippen LogP contribution in [0.2, 0.25) is 0 Å². The summed E-state index contributed by atoms with van der Waals surface area (Å²) in [5.41, 5.74) is 7.31. The summed E-state index contributed by atoms with van der Waals surface area (Å²) in [4.78, 5) is 13.8. The molecular weight excluding hydrogens is 366 g/mol. The minimum absolute atomic E-state index is 0.263. The van der Waals surface area contributed by atoms with E-state index in [0.29, 0.717) is 11.9 Å². The number of nitrogens with two attached hydrogens (primary N) is 1. The Bertz CT molecular complexity index is 718. The van der Waals surface area contributed by atoms with Gasteiger partial charge < -0.3 is 10.6 Å². The van der Waals surface area contributed by atoms with Gasteiger partial charge in [0.05, 0.1) is 6.04 Å². The minimum Gasteiger partial charge on any atom is -0.384 e. The van der Waals surface area contributed by atoms with Gasteiger partial charge in [-0.15, -0.1) is 0 Å². The van der Waals surface area contributed by atoms with Crippen LogP contribution >= 0.6 is 15.9 Å². The molecule has 2 aromatic rings. The quantitative estimate of drug-likeness (QED) is 0.870. The van der Waals surface area contributed by atoms with Crippen molar-refractivity contribution in [2.24, 2.45) is 0 Å². The monoisotopic (exact) mass is 389 g/mol. The van der Waals surface area contributed by atoms with Gasteiger partial charge in [-0.2, -0.15) is 0 Å². The molecule has 0 spiro atoms. The van der Waals surface area contributed by atoms with Crippen molar-refractivity contribution in [2.45, 2.75) is 25.8 Å². The molecule has 5 nitrogen and oxygen atoms in total. The Morgan fingerprint density at radius 2 is 1.96 bits per heavy atom. The molecule has 0 bridgehead atoms. The molecule has 0 radical (unpaired) electrons. The highest BCUT2D eigenvalue weighted by Crippen LogP contribution is 2.31. The molecule has 0 saturated carbocycles. The average molecular weight is 390 g/mol. The summed E-state index contributed by atoms with van der Waals surface area (Å²) in [7, 11) is 2.18. The Hall–Kier alpha value is -1.66. The third-order valence-corrected chi connectivity index (χ3v) is 5.22. The third-order valence-electron chi connectivity index (χ3n) is 4.50. The summed E-state index contributed by atoms with van der Waals surface area (Å²) >= 11 is 3.69. The fourth-order valence-electron chi connectivity index (χ4n) is 3.05.